The van der Waals surface area contributed by atoms with Crippen LogP contribution in [0.1, 0.15) is 33.3 Å². The van der Waals surface area contributed by atoms with E-state index in [0.717, 1.165) is 50.8 Å². The van der Waals surface area contributed by atoms with E-state index in [2.05, 4.69) is 19.2 Å². The maximum atomic E-state index is 11.4. The molecule has 0 saturated heterocycles. The third-order valence-electron chi connectivity index (χ3n) is 6.20. The maximum Gasteiger partial charge on any atom is 0.330 e. The van der Waals surface area contributed by atoms with Crippen molar-refractivity contribution in [2.75, 3.05) is 26.4 Å². The largest absolute Gasteiger partial charge is 0.490 e. The molecule has 0 aromatic heterocycles. The minimum absolute atomic E-state index is 0.243. The molecule has 0 bridgehead atoms. The maximum absolute atomic E-state index is 11.4. The monoisotopic (exact) mass is 564 g/mol. The van der Waals surface area contributed by atoms with Crippen LogP contribution in [0.4, 0.5) is 0 Å². The second-order valence-corrected chi connectivity index (χ2v) is 10.1. The van der Waals surface area contributed by atoms with Gasteiger partial charge < -0.3 is 28.4 Å². The van der Waals surface area contributed by atoms with Gasteiger partial charge in [-0.05, 0) is 40.7 Å². The molecule has 0 N–H and O–H groups in total. The summed E-state index contributed by atoms with van der Waals surface area (Å²) in [5.41, 5.74) is 1.09. The minimum atomic E-state index is -0.481. The van der Waals surface area contributed by atoms with Crippen molar-refractivity contribution in [1.29, 1.82) is 0 Å². The Morgan fingerprint density at radius 2 is 1.10 bits per heavy atom. The Morgan fingerprint density at radius 1 is 0.659 bits per heavy atom. The fourth-order valence-electron chi connectivity index (χ4n) is 4.18. The summed E-state index contributed by atoms with van der Waals surface area (Å²) < 4.78 is 34.8. The van der Waals surface area contributed by atoms with E-state index in [1.807, 2.05) is 57.2 Å². The fraction of sp³-hybridized carbons (Fsp3) is 0.394. The zero-order valence-corrected chi connectivity index (χ0v) is 24.5. The highest BCUT2D eigenvalue weighted by Crippen LogP contribution is 2.43. The van der Waals surface area contributed by atoms with Crippen LogP contribution in [-0.2, 0) is 28.5 Å². The normalized spacial score (nSPS) is 14.1. The molecule has 3 aromatic carbocycles. The molecule has 220 valence electrons. The van der Waals surface area contributed by atoms with Crippen LogP contribution >= 0.6 is 0 Å². The SMILES string of the molecule is C=CC(=O)OC(C)COC(C)COc1c2ccccc2c(OCC(C)OCC(C)OC(=O)C=C)c2cc(C)ccc12. The summed E-state index contributed by atoms with van der Waals surface area (Å²) >= 11 is 0. The first-order valence-corrected chi connectivity index (χ1v) is 13.7. The molecule has 0 aliphatic rings. The third kappa shape index (κ3) is 9.06. The zero-order valence-electron chi connectivity index (χ0n) is 24.5. The highest BCUT2D eigenvalue weighted by Gasteiger charge is 2.19. The molecule has 4 unspecified atom stereocenters. The molecule has 0 spiro atoms. The standard InChI is InChI=1S/C33H40O8/c1-8-30(34)40-24(6)19-36-22(4)17-38-32-26-12-10-11-13-27(26)33(29-16-21(3)14-15-28(29)32)39-18-23(5)37-20-25(7)41-31(35)9-2/h8-16,22-25H,1-2,17-20H2,3-7H3. The summed E-state index contributed by atoms with van der Waals surface area (Å²) in [6, 6.07) is 14.1. The van der Waals surface area contributed by atoms with E-state index < -0.39 is 24.1 Å². The Balaban J connectivity index is 1.78. The van der Waals surface area contributed by atoms with Crippen molar-refractivity contribution < 1.29 is 38.0 Å². The van der Waals surface area contributed by atoms with Crippen LogP contribution in [-0.4, -0.2) is 62.8 Å². The molecule has 0 radical (unpaired) electrons. The van der Waals surface area contributed by atoms with E-state index in [-0.39, 0.29) is 25.4 Å². The number of benzene rings is 3. The van der Waals surface area contributed by atoms with Gasteiger partial charge in [0.2, 0.25) is 0 Å². The number of ether oxygens (including phenoxy) is 6. The van der Waals surface area contributed by atoms with Crippen molar-refractivity contribution in [1.82, 2.24) is 0 Å². The smallest absolute Gasteiger partial charge is 0.330 e. The van der Waals surface area contributed by atoms with Gasteiger partial charge in [0, 0.05) is 33.7 Å². The lowest BCUT2D eigenvalue weighted by Gasteiger charge is -2.22. The predicted molar refractivity (Wildman–Crippen MR) is 160 cm³/mol. The number of rotatable bonds is 16. The Hall–Kier alpha value is -3.88. The summed E-state index contributed by atoms with van der Waals surface area (Å²) in [5.74, 6) is 0.525. The first-order chi connectivity index (χ1) is 19.6. The fourth-order valence-corrected chi connectivity index (χ4v) is 4.18. The van der Waals surface area contributed by atoms with Gasteiger partial charge in [-0.25, -0.2) is 9.59 Å². The van der Waals surface area contributed by atoms with Gasteiger partial charge in [0.05, 0.1) is 25.4 Å². The number of fused-ring (bicyclic) bond motifs is 2. The molecule has 0 fully saturated rings. The van der Waals surface area contributed by atoms with E-state index in [1.54, 1.807) is 13.8 Å². The van der Waals surface area contributed by atoms with Crippen molar-refractivity contribution in [3.63, 3.8) is 0 Å². The molecule has 41 heavy (non-hydrogen) atoms. The van der Waals surface area contributed by atoms with E-state index in [4.69, 9.17) is 28.4 Å². The highest BCUT2D eigenvalue weighted by molar-refractivity contribution is 6.11. The van der Waals surface area contributed by atoms with Gasteiger partial charge in [-0.1, -0.05) is 55.1 Å². The Kier molecular flexibility index (Phi) is 11.7. The van der Waals surface area contributed by atoms with Gasteiger partial charge >= 0.3 is 11.9 Å². The second kappa shape index (κ2) is 15.2. The lowest BCUT2D eigenvalue weighted by molar-refractivity contribution is -0.147. The topological polar surface area (TPSA) is 89.5 Å². The Morgan fingerprint density at radius 3 is 1.56 bits per heavy atom. The molecule has 8 heteroatoms. The number of esters is 2. The molecule has 4 atom stereocenters. The van der Waals surface area contributed by atoms with Crippen LogP contribution in [0.25, 0.3) is 21.5 Å². The number of hydrogen-bond acceptors (Lipinski definition) is 8. The summed E-state index contributed by atoms with van der Waals surface area (Å²) in [7, 11) is 0. The van der Waals surface area contributed by atoms with Crippen LogP contribution < -0.4 is 9.47 Å². The molecule has 3 rings (SSSR count). The van der Waals surface area contributed by atoms with Crippen LogP contribution in [0.3, 0.4) is 0 Å². The van der Waals surface area contributed by atoms with Crippen molar-refractivity contribution in [2.45, 2.75) is 59.0 Å². The summed E-state index contributed by atoms with van der Waals surface area (Å²) in [6.07, 6.45) is 0.960. The van der Waals surface area contributed by atoms with E-state index in [1.165, 1.54) is 0 Å². The molecule has 0 heterocycles. The summed E-state index contributed by atoms with van der Waals surface area (Å²) in [5, 5.41) is 3.68. The summed E-state index contributed by atoms with van der Waals surface area (Å²) in [4.78, 5) is 22.8. The molecule has 0 aliphatic carbocycles. The second-order valence-electron chi connectivity index (χ2n) is 10.1. The number of carbonyl (C=O) groups excluding carboxylic acids is 2. The highest BCUT2D eigenvalue weighted by atomic mass is 16.6. The number of aryl methyl sites for hydroxylation is 1. The van der Waals surface area contributed by atoms with Gasteiger partial charge in [0.1, 0.15) is 36.9 Å². The van der Waals surface area contributed by atoms with Crippen molar-refractivity contribution >= 4 is 33.5 Å². The van der Waals surface area contributed by atoms with Crippen LogP contribution in [0, 0.1) is 6.92 Å². The van der Waals surface area contributed by atoms with E-state index in [0.29, 0.717) is 13.2 Å². The average Bonchev–Trinajstić information content (AvgIpc) is 2.96. The molecule has 8 nitrogen and oxygen atoms in total. The Bertz CT molecular complexity index is 1360. The van der Waals surface area contributed by atoms with Gasteiger partial charge in [-0.3, -0.25) is 0 Å². The molecule has 0 aliphatic heterocycles. The lowest BCUT2D eigenvalue weighted by Crippen LogP contribution is -2.26. The molecule has 0 saturated carbocycles. The minimum Gasteiger partial charge on any atom is -0.490 e. The molecular weight excluding hydrogens is 524 g/mol. The third-order valence-corrected chi connectivity index (χ3v) is 6.20. The number of carbonyl (C=O) groups is 2. The first kappa shape index (κ1) is 31.6. The van der Waals surface area contributed by atoms with Crippen molar-refractivity contribution in [2.24, 2.45) is 0 Å². The van der Waals surface area contributed by atoms with Crippen LogP contribution in [0.5, 0.6) is 11.5 Å². The quantitative estimate of drug-likeness (QED) is 0.117. The lowest BCUT2D eigenvalue weighted by atomic mass is 9.99. The predicted octanol–water partition coefficient (Wildman–Crippen LogP) is 6.10. The average molecular weight is 565 g/mol. The Labute approximate surface area is 241 Å². The van der Waals surface area contributed by atoms with Crippen LogP contribution in [0.15, 0.2) is 67.8 Å². The zero-order chi connectivity index (χ0) is 29.9. The van der Waals surface area contributed by atoms with Gasteiger partial charge in [-0.2, -0.15) is 0 Å². The molecule has 3 aromatic rings. The number of hydrogen-bond donors (Lipinski definition) is 0. The van der Waals surface area contributed by atoms with E-state index >= 15 is 0 Å². The van der Waals surface area contributed by atoms with Crippen molar-refractivity contribution in [3.8, 4) is 11.5 Å². The van der Waals surface area contributed by atoms with Crippen molar-refractivity contribution in [3.05, 3.63) is 73.3 Å². The van der Waals surface area contributed by atoms with Gasteiger partial charge in [0.15, 0.2) is 0 Å². The van der Waals surface area contributed by atoms with Gasteiger partial charge in [0.25, 0.3) is 0 Å². The van der Waals surface area contributed by atoms with Crippen LogP contribution in [0.2, 0.25) is 0 Å². The van der Waals surface area contributed by atoms with Gasteiger partial charge in [-0.15, -0.1) is 0 Å². The molecule has 0 amide bonds. The first-order valence-electron chi connectivity index (χ1n) is 13.7. The van der Waals surface area contributed by atoms with E-state index in [9.17, 15) is 9.59 Å². The molecular formula is C33H40O8. The summed E-state index contributed by atoms with van der Waals surface area (Å²) in [6.45, 7) is 17.3.